The minimum absolute atomic E-state index is 0.599. The van der Waals surface area contributed by atoms with Gasteiger partial charge in [0.25, 0.3) is 0 Å². The number of thiazole rings is 1. The molecule has 1 heterocycles. The van der Waals surface area contributed by atoms with E-state index in [9.17, 15) is 0 Å². The number of nitrogens with zero attached hydrogens (tertiary/aromatic N) is 1. The highest BCUT2D eigenvalue weighted by molar-refractivity contribution is 7.11. The first-order valence-corrected chi connectivity index (χ1v) is 6.17. The summed E-state index contributed by atoms with van der Waals surface area (Å²) < 4.78 is 0. The van der Waals surface area contributed by atoms with E-state index in [1.807, 2.05) is 11.3 Å². The molecule has 0 radical (unpaired) electrons. The van der Waals surface area contributed by atoms with E-state index in [0.29, 0.717) is 6.04 Å². The summed E-state index contributed by atoms with van der Waals surface area (Å²) in [5.41, 5.74) is 1.20. The number of hydrogen-bond donors (Lipinski definition) is 1. The molecule has 1 atom stereocenters. The Kier molecular flexibility index (Phi) is 4.55. The maximum atomic E-state index is 4.51. The molecule has 2 nitrogen and oxygen atoms in total. The zero-order valence-electron chi connectivity index (χ0n) is 9.55. The van der Waals surface area contributed by atoms with Crippen LogP contribution in [0.15, 0.2) is 0 Å². The maximum Gasteiger partial charge on any atom is 0.0928 e. The Hall–Kier alpha value is -0.410. The summed E-state index contributed by atoms with van der Waals surface area (Å²) in [6.07, 6.45) is 2.23. The van der Waals surface area contributed by atoms with Gasteiger partial charge in [-0.2, -0.15) is 0 Å². The van der Waals surface area contributed by atoms with E-state index in [1.54, 1.807) is 0 Å². The lowest BCUT2D eigenvalue weighted by atomic mass is 10.2. The van der Waals surface area contributed by atoms with E-state index in [1.165, 1.54) is 22.0 Å². The smallest absolute Gasteiger partial charge is 0.0928 e. The van der Waals surface area contributed by atoms with Crippen LogP contribution in [-0.2, 0) is 13.0 Å². The summed E-state index contributed by atoms with van der Waals surface area (Å²) in [4.78, 5) is 5.90. The summed E-state index contributed by atoms with van der Waals surface area (Å²) in [6.45, 7) is 9.65. The van der Waals surface area contributed by atoms with Gasteiger partial charge < -0.3 is 5.32 Å². The van der Waals surface area contributed by atoms with Gasteiger partial charge in [0, 0.05) is 17.5 Å². The van der Waals surface area contributed by atoms with Gasteiger partial charge in [0.15, 0.2) is 0 Å². The van der Waals surface area contributed by atoms with E-state index < -0.39 is 0 Å². The quantitative estimate of drug-likeness (QED) is 0.812. The molecule has 0 aliphatic heterocycles. The lowest BCUT2D eigenvalue weighted by Gasteiger charge is -2.09. The van der Waals surface area contributed by atoms with Crippen molar-refractivity contribution in [1.29, 1.82) is 0 Å². The first-order valence-electron chi connectivity index (χ1n) is 5.35. The molecule has 0 spiro atoms. The van der Waals surface area contributed by atoms with Gasteiger partial charge in [0.05, 0.1) is 10.7 Å². The van der Waals surface area contributed by atoms with Gasteiger partial charge in [0.1, 0.15) is 0 Å². The fourth-order valence-corrected chi connectivity index (χ4v) is 2.17. The predicted octanol–water partition coefficient (Wildman–Crippen LogP) is 2.90. The van der Waals surface area contributed by atoms with Gasteiger partial charge >= 0.3 is 0 Å². The Morgan fingerprint density at radius 2 is 2.14 bits per heavy atom. The molecule has 80 valence electrons. The minimum Gasteiger partial charge on any atom is -0.309 e. The summed E-state index contributed by atoms with van der Waals surface area (Å²) in [7, 11) is 0. The molecule has 14 heavy (non-hydrogen) atoms. The van der Waals surface area contributed by atoms with Crippen LogP contribution in [0.1, 0.15) is 42.8 Å². The normalized spacial score (nSPS) is 13.1. The highest BCUT2D eigenvalue weighted by Crippen LogP contribution is 2.18. The van der Waals surface area contributed by atoms with Crippen LogP contribution in [0.25, 0.3) is 0 Å². The lowest BCUT2D eigenvalue weighted by molar-refractivity contribution is 0.536. The van der Waals surface area contributed by atoms with Crippen LogP contribution in [0.5, 0.6) is 0 Å². The van der Waals surface area contributed by atoms with Gasteiger partial charge in [0.2, 0.25) is 0 Å². The highest BCUT2D eigenvalue weighted by atomic mass is 32.1. The van der Waals surface area contributed by atoms with E-state index in [2.05, 4.69) is 38.0 Å². The molecule has 0 saturated carbocycles. The standard InChI is InChI=1S/C11H20N2S/c1-5-8(3)12-7-10-9(4)13-11(6-2)14-10/h8,12H,5-7H2,1-4H3. The van der Waals surface area contributed by atoms with Gasteiger partial charge in [-0.25, -0.2) is 4.98 Å². The number of rotatable bonds is 5. The molecule has 1 N–H and O–H groups in total. The molecule has 0 aliphatic rings. The fraction of sp³-hybridized carbons (Fsp3) is 0.727. The Labute approximate surface area is 90.8 Å². The highest BCUT2D eigenvalue weighted by Gasteiger charge is 2.06. The number of aromatic nitrogens is 1. The zero-order valence-corrected chi connectivity index (χ0v) is 10.4. The number of aryl methyl sites for hydroxylation is 2. The molecule has 0 bridgehead atoms. The summed E-state index contributed by atoms with van der Waals surface area (Å²) >= 11 is 1.84. The predicted molar refractivity (Wildman–Crippen MR) is 62.8 cm³/mol. The van der Waals surface area contributed by atoms with Crippen LogP contribution >= 0.6 is 11.3 Å². The monoisotopic (exact) mass is 212 g/mol. The SMILES string of the molecule is CCc1nc(C)c(CNC(C)CC)s1. The lowest BCUT2D eigenvalue weighted by Crippen LogP contribution is -2.24. The molecule has 1 unspecified atom stereocenters. The summed E-state index contributed by atoms with van der Waals surface area (Å²) in [5.74, 6) is 0. The third-order valence-electron chi connectivity index (χ3n) is 2.46. The molecular weight excluding hydrogens is 192 g/mol. The average Bonchev–Trinajstić information content (AvgIpc) is 2.55. The van der Waals surface area contributed by atoms with Crippen LogP contribution < -0.4 is 5.32 Å². The topological polar surface area (TPSA) is 24.9 Å². The van der Waals surface area contributed by atoms with Crippen molar-refractivity contribution in [2.75, 3.05) is 0 Å². The van der Waals surface area contributed by atoms with E-state index in [4.69, 9.17) is 0 Å². The molecule has 0 amide bonds. The molecule has 1 rings (SSSR count). The Bertz CT molecular complexity index is 281. The van der Waals surface area contributed by atoms with Crippen molar-refractivity contribution in [2.24, 2.45) is 0 Å². The molecule has 0 saturated heterocycles. The van der Waals surface area contributed by atoms with Crippen molar-refractivity contribution >= 4 is 11.3 Å². The van der Waals surface area contributed by atoms with E-state index >= 15 is 0 Å². The maximum absolute atomic E-state index is 4.51. The van der Waals surface area contributed by atoms with Crippen molar-refractivity contribution in [3.05, 3.63) is 15.6 Å². The van der Waals surface area contributed by atoms with Crippen molar-refractivity contribution in [1.82, 2.24) is 10.3 Å². The van der Waals surface area contributed by atoms with Gasteiger partial charge in [-0.3, -0.25) is 0 Å². The fourth-order valence-electron chi connectivity index (χ4n) is 1.21. The zero-order chi connectivity index (χ0) is 10.6. The second kappa shape index (κ2) is 5.47. The van der Waals surface area contributed by atoms with Gasteiger partial charge in [-0.15, -0.1) is 11.3 Å². The van der Waals surface area contributed by atoms with Gasteiger partial charge in [-0.05, 0) is 26.7 Å². The van der Waals surface area contributed by atoms with Crippen molar-refractivity contribution in [2.45, 2.75) is 53.1 Å². The Balaban J connectivity index is 2.53. The van der Waals surface area contributed by atoms with Crippen LogP contribution in [0.4, 0.5) is 0 Å². The third-order valence-corrected chi connectivity index (χ3v) is 3.76. The second-order valence-electron chi connectivity index (χ2n) is 3.66. The van der Waals surface area contributed by atoms with Crippen LogP contribution in [-0.4, -0.2) is 11.0 Å². The average molecular weight is 212 g/mol. The summed E-state index contributed by atoms with van der Waals surface area (Å²) in [5, 5.41) is 4.75. The largest absolute Gasteiger partial charge is 0.309 e. The number of nitrogens with one attached hydrogen (secondary N) is 1. The van der Waals surface area contributed by atoms with Crippen LogP contribution in [0.3, 0.4) is 0 Å². The molecule has 3 heteroatoms. The first-order chi connectivity index (χ1) is 6.67. The molecule has 1 aromatic heterocycles. The Morgan fingerprint density at radius 1 is 1.43 bits per heavy atom. The first kappa shape index (κ1) is 11.7. The third kappa shape index (κ3) is 3.07. The van der Waals surface area contributed by atoms with Crippen LogP contribution in [0, 0.1) is 6.92 Å². The van der Waals surface area contributed by atoms with Gasteiger partial charge in [-0.1, -0.05) is 13.8 Å². The Morgan fingerprint density at radius 3 is 2.64 bits per heavy atom. The summed E-state index contributed by atoms with van der Waals surface area (Å²) in [6, 6.07) is 0.599. The number of hydrogen-bond acceptors (Lipinski definition) is 3. The molecule has 0 aliphatic carbocycles. The molecular formula is C11H20N2S. The molecule has 1 aromatic rings. The van der Waals surface area contributed by atoms with Crippen molar-refractivity contribution in [3.63, 3.8) is 0 Å². The van der Waals surface area contributed by atoms with Crippen molar-refractivity contribution < 1.29 is 0 Å². The van der Waals surface area contributed by atoms with Crippen LogP contribution in [0.2, 0.25) is 0 Å². The minimum atomic E-state index is 0.599. The second-order valence-corrected chi connectivity index (χ2v) is 4.83. The molecule has 0 aromatic carbocycles. The molecule has 0 fully saturated rings. The van der Waals surface area contributed by atoms with E-state index in [-0.39, 0.29) is 0 Å². The van der Waals surface area contributed by atoms with E-state index in [0.717, 1.165) is 13.0 Å². The van der Waals surface area contributed by atoms with Crippen molar-refractivity contribution in [3.8, 4) is 0 Å².